The van der Waals surface area contributed by atoms with Gasteiger partial charge in [0.15, 0.2) is 6.20 Å². The Kier molecular flexibility index (Phi) is 7.87. The lowest BCUT2D eigenvalue weighted by Gasteiger charge is -2.15. The number of Topliss-reactive ketones (excluding diaryl/α,β-unsaturated/α-hetero) is 1. The maximum atomic E-state index is 12.9. The maximum absolute atomic E-state index is 12.9. The van der Waals surface area contributed by atoms with Gasteiger partial charge < -0.3 is 15.0 Å². The number of H-pyrrole nitrogens is 1. The van der Waals surface area contributed by atoms with Gasteiger partial charge in [-0.1, -0.05) is 19.8 Å². The monoisotopic (exact) mass is 424 g/mol. The van der Waals surface area contributed by atoms with Gasteiger partial charge in [0.25, 0.3) is 0 Å². The number of aromatic amines is 1. The number of nitrogens with one attached hydrogen (secondary N) is 3. The normalized spacial score (nSPS) is 13.7. The summed E-state index contributed by atoms with van der Waals surface area (Å²) in [4.78, 5) is 32.1. The number of aromatic nitrogens is 1. The van der Waals surface area contributed by atoms with E-state index in [1.807, 2.05) is 32.0 Å². The molecule has 2 aromatic rings. The van der Waals surface area contributed by atoms with Crippen molar-refractivity contribution in [1.82, 2.24) is 20.6 Å². The number of hydrogen-bond acceptors (Lipinski definition) is 5. The number of carbonyl (C=O) groups excluding carboxylic acids is 2. The molecule has 0 unspecified atom stereocenters. The minimum atomic E-state index is -0.176. The number of aliphatic imine (C=N–C) groups is 1. The molecule has 165 valence electrons. The summed E-state index contributed by atoms with van der Waals surface area (Å²) in [6.45, 7) is 3.88. The van der Waals surface area contributed by atoms with Crippen LogP contribution in [0.25, 0.3) is 10.9 Å². The first kappa shape index (κ1) is 22.6. The molecule has 1 amide bonds. The van der Waals surface area contributed by atoms with Crippen molar-refractivity contribution >= 4 is 28.4 Å². The van der Waals surface area contributed by atoms with Crippen LogP contribution in [0.2, 0.25) is 0 Å². The molecule has 1 aliphatic heterocycles. The average Bonchev–Trinajstić information content (AvgIpc) is 3.40. The number of nitrogens with zero attached hydrogens (tertiary/aromatic N) is 1. The van der Waals surface area contributed by atoms with E-state index >= 15 is 0 Å². The molecule has 0 spiro atoms. The molecule has 31 heavy (non-hydrogen) atoms. The van der Waals surface area contributed by atoms with Gasteiger partial charge in [0.1, 0.15) is 23.8 Å². The van der Waals surface area contributed by atoms with E-state index < -0.39 is 0 Å². The van der Waals surface area contributed by atoms with E-state index in [0.717, 1.165) is 59.4 Å². The van der Waals surface area contributed by atoms with Gasteiger partial charge in [-0.25, -0.2) is 5.32 Å². The molecule has 1 aromatic heterocycles. The van der Waals surface area contributed by atoms with E-state index in [4.69, 9.17) is 4.74 Å². The lowest BCUT2D eigenvalue weighted by Crippen LogP contribution is -2.46. The van der Waals surface area contributed by atoms with Crippen molar-refractivity contribution in [2.75, 3.05) is 7.11 Å². The second-order valence-corrected chi connectivity index (χ2v) is 7.90. The summed E-state index contributed by atoms with van der Waals surface area (Å²) in [6.07, 6.45) is 8.53. The predicted octanol–water partition coefficient (Wildman–Crippen LogP) is 3.25. The highest BCUT2D eigenvalue weighted by Gasteiger charge is 2.27. The molecular formula is C24H32N4O3+. The summed E-state index contributed by atoms with van der Waals surface area (Å²) in [5, 5.41) is 7.27. The molecule has 0 saturated carbocycles. The van der Waals surface area contributed by atoms with Crippen molar-refractivity contribution in [3.8, 4) is 5.75 Å². The Bertz CT molecular complexity index is 990. The van der Waals surface area contributed by atoms with E-state index in [1.165, 1.54) is 0 Å². The number of aryl methyl sites for hydroxylation is 1. The summed E-state index contributed by atoms with van der Waals surface area (Å²) < 4.78 is 5.34. The molecule has 0 bridgehead atoms. The van der Waals surface area contributed by atoms with Crippen LogP contribution in [0, 0.1) is 6.92 Å². The topological polar surface area (TPSA) is 97.3 Å². The lowest BCUT2D eigenvalue weighted by atomic mass is 10.0. The third-order valence-electron chi connectivity index (χ3n) is 5.69. The van der Waals surface area contributed by atoms with Crippen LogP contribution < -0.4 is 20.4 Å². The van der Waals surface area contributed by atoms with Crippen LogP contribution in [0.1, 0.15) is 56.7 Å². The smallest absolute Gasteiger partial charge is 0.318 e. The van der Waals surface area contributed by atoms with Crippen molar-refractivity contribution < 1.29 is 14.3 Å². The highest BCUT2D eigenvalue weighted by molar-refractivity contribution is 5.95. The van der Waals surface area contributed by atoms with Crippen LogP contribution in [-0.2, 0) is 16.0 Å². The molecule has 1 aromatic carbocycles. The fourth-order valence-corrected chi connectivity index (χ4v) is 3.89. The number of amidine groups is 1. The summed E-state index contributed by atoms with van der Waals surface area (Å²) in [5.41, 5.74) is 2.95. The highest BCUT2D eigenvalue weighted by Crippen LogP contribution is 2.26. The van der Waals surface area contributed by atoms with Gasteiger partial charge in [-0.3, -0.25) is 9.59 Å². The third kappa shape index (κ3) is 5.96. The van der Waals surface area contributed by atoms with E-state index in [1.54, 1.807) is 19.5 Å². The van der Waals surface area contributed by atoms with Crippen molar-refractivity contribution in [1.29, 1.82) is 0 Å². The minimum Gasteiger partial charge on any atom is -0.497 e. The number of hydrogen-bond donors (Lipinski definition) is 3. The number of rotatable bonds is 12. The zero-order valence-corrected chi connectivity index (χ0v) is 18.6. The molecule has 7 heteroatoms. The van der Waals surface area contributed by atoms with Gasteiger partial charge >= 0.3 is 5.84 Å². The van der Waals surface area contributed by atoms with Gasteiger partial charge in [0.2, 0.25) is 5.91 Å². The molecule has 7 nitrogen and oxygen atoms in total. The van der Waals surface area contributed by atoms with Gasteiger partial charge in [-0.05, 0) is 48.5 Å². The fraction of sp³-hybridized carbons (Fsp3) is 0.458. The SMILES string of the molecule is CCC(=O)CCCCC[C@H](NC(=O)Cc1c(C)[nH]c2ccc(OC)cc12)C1=[N+]C=CN1. The van der Waals surface area contributed by atoms with Crippen LogP contribution in [-0.4, -0.2) is 35.7 Å². The van der Waals surface area contributed by atoms with E-state index in [2.05, 4.69) is 20.6 Å². The third-order valence-corrected chi connectivity index (χ3v) is 5.69. The molecule has 3 rings (SSSR count). The maximum Gasteiger partial charge on any atom is 0.318 e. The minimum absolute atomic E-state index is 0.0469. The van der Waals surface area contributed by atoms with Crippen LogP contribution in [0.3, 0.4) is 0 Å². The highest BCUT2D eigenvalue weighted by atomic mass is 16.5. The Balaban J connectivity index is 1.62. The Morgan fingerprint density at radius 1 is 1.23 bits per heavy atom. The predicted molar refractivity (Wildman–Crippen MR) is 123 cm³/mol. The van der Waals surface area contributed by atoms with E-state index in [9.17, 15) is 9.59 Å². The number of carbonyl (C=O) groups is 2. The largest absolute Gasteiger partial charge is 0.497 e. The Morgan fingerprint density at radius 2 is 2.06 bits per heavy atom. The average molecular weight is 425 g/mol. The molecule has 2 heterocycles. The number of fused-ring (bicyclic) bond motifs is 1. The van der Waals surface area contributed by atoms with E-state index in [0.29, 0.717) is 18.6 Å². The molecule has 0 fully saturated rings. The molecule has 3 N–H and O–H groups in total. The number of unbranched alkanes of at least 4 members (excludes halogenated alkanes) is 2. The van der Waals surface area contributed by atoms with Crippen molar-refractivity contribution in [3.05, 3.63) is 41.9 Å². The summed E-state index contributed by atoms with van der Waals surface area (Å²) >= 11 is 0. The second-order valence-electron chi connectivity index (χ2n) is 7.90. The number of ketones is 1. The van der Waals surface area contributed by atoms with Gasteiger partial charge in [-0.15, -0.1) is 0 Å². The Morgan fingerprint density at radius 3 is 2.77 bits per heavy atom. The second kappa shape index (κ2) is 10.8. The van der Waals surface area contributed by atoms with Crippen LogP contribution in [0.4, 0.5) is 0 Å². The van der Waals surface area contributed by atoms with Crippen LogP contribution >= 0.6 is 0 Å². The molecular weight excluding hydrogens is 392 g/mol. The number of benzene rings is 1. The first-order valence-corrected chi connectivity index (χ1v) is 11.0. The van der Waals surface area contributed by atoms with Crippen molar-refractivity contribution in [3.63, 3.8) is 0 Å². The Labute approximate surface area is 183 Å². The van der Waals surface area contributed by atoms with Gasteiger partial charge in [-0.2, -0.15) is 0 Å². The summed E-state index contributed by atoms with van der Waals surface area (Å²) in [6, 6.07) is 5.66. The number of amides is 1. The quantitative estimate of drug-likeness (QED) is 0.456. The van der Waals surface area contributed by atoms with Crippen LogP contribution in [0.15, 0.2) is 30.6 Å². The van der Waals surface area contributed by atoms with E-state index in [-0.39, 0.29) is 18.4 Å². The van der Waals surface area contributed by atoms with Crippen molar-refractivity contribution in [2.45, 2.75) is 64.8 Å². The first-order valence-electron chi connectivity index (χ1n) is 11.0. The molecule has 1 radical (unpaired) electrons. The number of ether oxygens (including phenoxy) is 1. The lowest BCUT2D eigenvalue weighted by molar-refractivity contribution is -0.121. The van der Waals surface area contributed by atoms with Crippen LogP contribution in [0.5, 0.6) is 5.75 Å². The molecule has 0 saturated heterocycles. The van der Waals surface area contributed by atoms with Crippen molar-refractivity contribution in [2.24, 2.45) is 0 Å². The Hall–Kier alpha value is -3.09. The van der Waals surface area contributed by atoms with Gasteiger partial charge in [0.05, 0.1) is 13.5 Å². The zero-order chi connectivity index (χ0) is 22.2. The summed E-state index contributed by atoms with van der Waals surface area (Å²) in [7, 11) is 1.64. The summed E-state index contributed by atoms with van der Waals surface area (Å²) in [5.74, 6) is 1.79. The van der Waals surface area contributed by atoms with Gasteiger partial charge in [0, 0.05) is 29.4 Å². The molecule has 1 atom stereocenters. The molecule has 1 aliphatic rings. The standard InChI is InChI=1S/C24H32N4O3/c1-4-17(29)8-6-5-7-9-22(24-25-12-13-26-24)28-23(30)15-19-16(2)27-21-11-10-18(31-3)14-20(19)21/h10-14,22,25,27H,4-9,15H2,1-3H3,(H,28,30)/q+1/t22-/m0/s1. The fourth-order valence-electron chi connectivity index (χ4n) is 3.89. The zero-order valence-electron chi connectivity index (χ0n) is 18.6. The first-order chi connectivity index (χ1) is 15.0. The number of methoxy groups -OCH3 is 1. The molecule has 0 aliphatic carbocycles.